The summed E-state index contributed by atoms with van der Waals surface area (Å²) in [5.41, 5.74) is 1.56. The second kappa shape index (κ2) is 11.3. The molecule has 2 aromatic rings. The second-order valence-electron chi connectivity index (χ2n) is 10.1. The number of hydrogen-bond acceptors (Lipinski definition) is 6. The highest BCUT2D eigenvalue weighted by molar-refractivity contribution is 7.89. The summed E-state index contributed by atoms with van der Waals surface area (Å²) in [7, 11) is -1.96. The molecule has 36 heavy (non-hydrogen) atoms. The van der Waals surface area contributed by atoms with E-state index in [4.69, 9.17) is 4.74 Å². The van der Waals surface area contributed by atoms with Gasteiger partial charge >= 0.3 is 0 Å². The molecule has 1 unspecified atom stereocenters. The number of rotatable bonds is 3. The van der Waals surface area contributed by atoms with Crippen LogP contribution in [-0.2, 0) is 14.8 Å². The smallest absolute Gasteiger partial charge is 0.244 e. The van der Waals surface area contributed by atoms with E-state index in [0.717, 1.165) is 30.4 Å². The molecule has 0 bridgehead atoms. The van der Waals surface area contributed by atoms with Crippen LogP contribution in [0.4, 0.5) is 0 Å². The van der Waals surface area contributed by atoms with Crippen LogP contribution in [0.5, 0.6) is 5.75 Å². The summed E-state index contributed by atoms with van der Waals surface area (Å²) in [5, 5.41) is 10.5. The van der Waals surface area contributed by atoms with Crippen LogP contribution >= 0.6 is 0 Å². The average Bonchev–Trinajstić information content (AvgIpc) is 2.87. The fourth-order valence-electron chi connectivity index (χ4n) is 5.18. The monoisotopic (exact) mass is 515 g/mol. The largest absolute Gasteiger partial charge is 0.492 e. The summed E-state index contributed by atoms with van der Waals surface area (Å²) < 4.78 is 35.2. The van der Waals surface area contributed by atoms with E-state index in [2.05, 4.69) is 4.72 Å². The van der Waals surface area contributed by atoms with Crippen molar-refractivity contribution in [2.75, 3.05) is 46.4 Å². The molecule has 2 aliphatic heterocycles. The number of sulfonamides is 1. The molecule has 2 aliphatic rings. The molecule has 0 radical (unpaired) electrons. The number of ether oxygens (including phenoxy) is 1. The van der Waals surface area contributed by atoms with E-state index in [1.165, 1.54) is 0 Å². The van der Waals surface area contributed by atoms with Gasteiger partial charge in [-0.2, -0.15) is 0 Å². The molecule has 2 N–H and O–H groups in total. The van der Waals surface area contributed by atoms with Gasteiger partial charge < -0.3 is 19.6 Å². The number of aliphatic hydroxyl groups is 1. The van der Waals surface area contributed by atoms with E-state index >= 15 is 0 Å². The molecule has 2 aromatic carbocycles. The highest BCUT2D eigenvalue weighted by atomic mass is 32.2. The van der Waals surface area contributed by atoms with Gasteiger partial charge in [0.05, 0.1) is 12.7 Å². The number of β-amino-alcohol motifs (C(OH)–C–C–N with tert-alkyl or cyclic N) is 1. The van der Waals surface area contributed by atoms with Crippen molar-refractivity contribution in [1.82, 2.24) is 14.5 Å². The number of aliphatic hydroxyl groups excluding tert-OH is 1. The number of nitrogens with one attached hydrogen (secondary N) is 1. The van der Waals surface area contributed by atoms with Gasteiger partial charge in [0.15, 0.2) is 0 Å². The van der Waals surface area contributed by atoms with Gasteiger partial charge in [0.25, 0.3) is 0 Å². The number of likely N-dealkylation sites (N-methyl/N-ethyl adjacent to an activating group) is 1. The minimum absolute atomic E-state index is 0.0639. The first-order valence-corrected chi connectivity index (χ1v) is 14.2. The highest BCUT2D eigenvalue weighted by Crippen LogP contribution is 2.36. The summed E-state index contributed by atoms with van der Waals surface area (Å²) in [4.78, 5) is 16.5. The van der Waals surface area contributed by atoms with Crippen LogP contribution in [-0.4, -0.2) is 81.7 Å². The molecule has 1 atom stereocenters. The van der Waals surface area contributed by atoms with Crippen molar-refractivity contribution in [2.45, 2.75) is 43.6 Å². The predicted molar refractivity (Wildman–Crippen MR) is 139 cm³/mol. The van der Waals surface area contributed by atoms with Crippen molar-refractivity contribution in [3.63, 3.8) is 0 Å². The summed E-state index contributed by atoms with van der Waals surface area (Å²) >= 11 is 0. The van der Waals surface area contributed by atoms with Crippen molar-refractivity contribution in [3.8, 4) is 16.9 Å². The zero-order valence-electron chi connectivity index (χ0n) is 21.2. The first kappa shape index (κ1) is 26.6. The van der Waals surface area contributed by atoms with Crippen molar-refractivity contribution in [2.24, 2.45) is 5.41 Å². The van der Waals surface area contributed by atoms with Gasteiger partial charge in [-0.05, 0) is 49.6 Å². The molecule has 196 valence electrons. The number of amides is 1. The van der Waals surface area contributed by atoms with Gasteiger partial charge in [0, 0.05) is 44.6 Å². The second-order valence-corrected chi connectivity index (χ2v) is 11.9. The molecule has 4 rings (SSSR count). The maximum Gasteiger partial charge on any atom is 0.244 e. The topological polar surface area (TPSA) is 99.2 Å². The van der Waals surface area contributed by atoms with E-state index in [1.54, 1.807) is 18.2 Å². The third kappa shape index (κ3) is 6.26. The lowest BCUT2D eigenvalue weighted by molar-refractivity contribution is -0.134. The Morgan fingerprint density at radius 1 is 1.14 bits per heavy atom. The van der Waals surface area contributed by atoms with E-state index in [9.17, 15) is 18.3 Å². The molecule has 1 amide bonds. The number of hydrogen-bond donors (Lipinski definition) is 2. The normalized spacial score (nSPS) is 22.6. The number of piperidine rings is 1. The lowest BCUT2D eigenvalue weighted by atomic mass is 9.78. The quantitative estimate of drug-likeness (QED) is 0.652. The summed E-state index contributed by atoms with van der Waals surface area (Å²) in [5.74, 6) is 0.477. The van der Waals surface area contributed by atoms with Crippen LogP contribution in [0.2, 0.25) is 0 Å². The Bertz CT molecular complexity index is 1150. The fraction of sp³-hybridized carbons (Fsp3) is 0.519. The van der Waals surface area contributed by atoms with Crippen molar-refractivity contribution in [1.29, 1.82) is 0 Å². The Hall–Kier alpha value is -2.46. The average molecular weight is 516 g/mol. The first-order valence-electron chi connectivity index (χ1n) is 12.7. The van der Waals surface area contributed by atoms with E-state index in [0.29, 0.717) is 45.0 Å². The zero-order chi connectivity index (χ0) is 25.8. The summed E-state index contributed by atoms with van der Waals surface area (Å²) in [6, 6.07) is 14.9. The Morgan fingerprint density at radius 2 is 1.86 bits per heavy atom. The standard InChI is InChI=1S/C27H37N3O5S/c1-3-7-26(32)30-14-12-27(13-15-30)19-29(2)18-23(31)17-28-36(33,34)25-11-10-22(16-24(25)35-20-27)21-8-5-4-6-9-21/h4-6,8-11,16,23,28,31H,3,7,12-15,17-20H2,1-2H3. The Kier molecular flexibility index (Phi) is 8.34. The van der Waals surface area contributed by atoms with Crippen LogP contribution in [0.15, 0.2) is 53.4 Å². The number of benzene rings is 2. The van der Waals surface area contributed by atoms with Crippen LogP contribution in [0.1, 0.15) is 32.6 Å². The molecule has 2 heterocycles. The Labute approximate surface area is 214 Å². The number of carbonyl (C=O) groups excluding carboxylic acids is 1. The number of carbonyl (C=O) groups is 1. The van der Waals surface area contributed by atoms with Gasteiger partial charge in [-0.3, -0.25) is 4.79 Å². The van der Waals surface area contributed by atoms with Gasteiger partial charge in [0.2, 0.25) is 15.9 Å². The molecule has 1 saturated heterocycles. The first-order chi connectivity index (χ1) is 17.2. The van der Waals surface area contributed by atoms with E-state index in [-0.39, 0.29) is 22.8 Å². The molecule has 9 heteroatoms. The minimum Gasteiger partial charge on any atom is -0.492 e. The minimum atomic E-state index is -3.89. The Balaban J connectivity index is 1.67. The third-order valence-electron chi connectivity index (χ3n) is 7.15. The molecular weight excluding hydrogens is 478 g/mol. The molecule has 8 nitrogen and oxygen atoms in total. The number of nitrogens with zero attached hydrogens (tertiary/aromatic N) is 2. The van der Waals surface area contributed by atoms with E-state index < -0.39 is 16.1 Å². The van der Waals surface area contributed by atoms with E-state index in [1.807, 2.05) is 54.1 Å². The fourth-order valence-corrected chi connectivity index (χ4v) is 6.38. The van der Waals surface area contributed by atoms with Crippen molar-refractivity contribution in [3.05, 3.63) is 48.5 Å². The lowest BCUT2D eigenvalue weighted by Crippen LogP contribution is -2.51. The van der Waals surface area contributed by atoms with Crippen LogP contribution in [0.25, 0.3) is 11.1 Å². The number of fused-ring (bicyclic) bond motifs is 1. The Morgan fingerprint density at radius 3 is 2.56 bits per heavy atom. The molecule has 0 aliphatic carbocycles. The van der Waals surface area contributed by atoms with Gasteiger partial charge in [-0.25, -0.2) is 13.1 Å². The highest BCUT2D eigenvalue weighted by Gasteiger charge is 2.38. The summed E-state index contributed by atoms with van der Waals surface area (Å²) in [6.07, 6.45) is 2.03. The zero-order valence-corrected chi connectivity index (χ0v) is 22.0. The maximum atomic E-state index is 13.2. The van der Waals surface area contributed by atoms with Crippen molar-refractivity contribution >= 4 is 15.9 Å². The molecule has 1 fully saturated rings. The molecule has 0 aromatic heterocycles. The molecule has 0 saturated carbocycles. The molecule has 1 spiro atoms. The lowest BCUT2D eigenvalue weighted by Gasteiger charge is -2.44. The summed E-state index contributed by atoms with van der Waals surface area (Å²) in [6.45, 7) is 4.56. The van der Waals surface area contributed by atoms with Crippen LogP contribution in [0, 0.1) is 5.41 Å². The number of likely N-dealkylation sites (tertiary alicyclic amines) is 1. The maximum absolute atomic E-state index is 13.2. The SMILES string of the molecule is CCCC(=O)N1CCC2(CC1)COc1cc(-c3ccccc3)ccc1S(=O)(=O)NCC(O)CN(C)C2. The van der Waals surface area contributed by atoms with Crippen LogP contribution in [0.3, 0.4) is 0 Å². The molecular formula is C27H37N3O5S. The van der Waals surface area contributed by atoms with Crippen LogP contribution < -0.4 is 9.46 Å². The van der Waals surface area contributed by atoms with Gasteiger partial charge in [0.1, 0.15) is 10.6 Å². The van der Waals surface area contributed by atoms with Gasteiger partial charge in [-0.1, -0.05) is 43.3 Å². The van der Waals surface area contributed by atoms with Crippen molar-refractivity contribution < 1.29 is 23.1 Å². The predicted octanol–water partition coefficient (Wildman–Crippen LogP) is 2.73. The third-order valence-corrected chi connectivity index (χ3v) is 8.61. The van der Waals surface area contributed by atoms with Gasteiger partial charge in [-0.15, -0.1) is 0 Å².